The van der Waals surface area contributed by atoms with Gasteiger partial charge >= 0.3 is 5.97 Å². The fourth-order valence-electron chi connectivity index (χ4n) is 5.80. The van der Waals surface area contributed by atoms with Gasteiger partial charge in [-0.05, 0) is 87.4 Å². The van der Waals surface area contributed by atoms with Gasteiger partial charge in [0.1, 0.15) is 25.4 Å². The molecule has 3 rings (SSSR count). The summed E-state index contributed by atoms with van der Waals surface area (Å²) in [6.07, 6.45) is 2.31. The minimum absolute atomic E-state index is 0.193. The number of benzene rings is 3. The summed E-state index contributed by atoms with van der Waals surface area (Å²) in [5.74, 6) is 0.182. The van der Waals surface area contributed by atoms with Crippen LogP contribution < -0.4 is 20.3 Å². The first-order valence-electron chi connectivity index (χ1n) is 17.8. The Hall–Kier alpha value is -3.61. The van der Waals surface area contributed by atoms with E-state index in [1.165, 1.54) is 13.2 Å². The molecule has 0 heterocycles. The molecule has 3 aromatic carbocycles. The molecule has 53 heavy (non-hydrogen) atoms. The van der Waals surface area contributed by atoms with Crippen molar-refractivity contribution in [1.82, 2.24) is 5.32 Å². The van der Waals surface area contributed by atoms with E-state index in [-0.39, 0.29) is 28.2 Å². The topological polar surface area (TPSA) is 111 Å². The summed E-state index contributed by atoms with van der Waals surface area (Å²) in [7, 11) is 12.1. The second-order valence-electron chi connectivity index (χ2n) is 14.0. The summed E-state index contributed by atoms with van der Waals surface area (Å²) in [5, 5.41) is 3.02. The van der Waals surface area contributed by atoms with E-state index < -0.39 is 17.9 Å². The number of ether oxygens (including phenoxy) is 7. The first-order valence-corrected chi connectivity index (χ1v) is 18.2. The Bertz CT molecular complexity index is 1620. The van der Waals surface area contributed by atoms with E-state index in [1.54, 1.807) is 27.4 Å². The number of nitrogens with one attached hydrogen (secondary N) is 1. The summed E-state index contributed by atoms with van der Waals surface area (Å²) in [5.41, 5.74) is 4.12. The number of hydrogen-bond acceptors (Lipinski definition) is 9. The van der Waals surface area contributed by atoms with Crippen LogP contribution in [0.1, 0.15) is 74.5 Å². The molecule has 10 nitrogen and oxygen atoms in total. The molecule has 0 aliphatic rings. The van der Waals surface area contributed by atoms with Crippen molar-refractivity contribution in [3.63, 3.8) is 0 Å². The van der Waals surface area contributed by atoms with Crippen LogP contribution in [0.25, 0.3) is 11.1 Å². The van der Waals surface area contributed by atoms with Gasteiger partial charge in [0.25, 0.3) is 5.91 Å². The normalized spacial score (nSPS) is 12.3. The number of hydrogen-bond donors (Lipinski definition) is 1. The minimum Gasteiger partial charge on any atom is -0.496 e. The Morgan fingerprint density at radius 2 is 1.42 bits per heavy atom. The SMILES string of the molecule is [B]c1cc(Cl)c(C(=O)N[C@@H](Cc2ccc(-c3c(OC)cc(COCCOC(C)(C)CCOC(C)(C)CCOC)cc3OC)cc2)C(=O)OC)c(CC)c1. The van der Waals surface area contributed by atoms with Crippen molar-refractivity contribution in [3.8, 4) is 22.6 Å². The van der Waals surface area contributed by atoms with Crippen LogP contribution in [-0.4, -0.2) is 91.8 Å². The molecule has 1 amide bonds. The van der Waals surface area contributed by atoms with Gasteiger partial charge in [-0.1, -0.05) is 54.3 Å². The van der Waals surface area contributed by atoms with E-state index in [9.17, 15) is 9.59 Å². The zero-order chi connectivity index (χ0) is 39.2. The fourth-order valence-corrected chi connectivity index (χ4v) is 6.13. The Kier molecular flexibility index (Phi) is 17.1. The highest BCUT2D eigenvalue weighted by molar-refractivity contribution is 6.38. The first kappa shape index (κ1) is 43.8. The molecule has 12 heteroatoms. The Labute approximate surface area is 321 Å². The lowest BCUT2D eigenvalue weighted by atomic mass is 9.90. The maximum atomic E-state index is 13.3. The number of carbonyl (C=O) groups excluding carboxylic acids is 2. The molecular weight excluding hydrogens is 697 g/mol. The Balaban J connectivity index is 1.64. The molecular formula is C41H55BClNO9. The first-order chi connectivity index (χ1) is 25.2. The Morgan fingerprint density at radius 1 is 0.811 bits per heavy atom. The van der Waals surface area contributed by atoms with Crippen molar-refractivity contribution < 1.29 is 42.7 Å². The molecule has 0 aliphatic heterocycles. The molecule has 1 N–H and O–H groups in total. The number of rotatable bonds is 22. The van der Waals surface area contributed by atoms with Gasteiger partial charge in [-0.25, -0.2) is 4.79 Å². The van der Waals surface area contributed by atoms with Gasteiger partial charge in [-0.2, -0.15) is 0 Å². The van der Waals surface area contributed by atoms with Gasteiger partial charge in [0, 0.05) is 20.1 Å². The molecule has 0 unspecified atom stereocenters. The van der Waals surface area contributed by atoms with Crippen LogP contribution in [-0.2, 0) is 47.9 Å². The molecule has 0 aromatic heterocycles. The van der Waals surface area contributed by atoms with Crippen LogP contribution in [0.2, 0.25) is 5.02 Å². The third kappa shape index (κ3) is 13.3. The molecule has 0 bridgehead atoms. The second-order valence-corrected chi connectivity index (χ2v) is 14.4. The van der Waals surface area contributed by atoms with Crippen LogP contribution in [0.5, 0.6) is 11.5 Å². The highest BCUT2D eigenvalue weighted by Crippen LogP contribution is 2.40. The van der Waals surface area contributed by atoms with E-state index in [0.717, 1.165) is 35.1 Å². The van der Waals surface area contributed by atoms with Crippen LogP contribution in [0.4, 0.5) is 0 Å². The largest absolute Gasteiger partial charge is 0.496 e. The predicted molar refractivity (Wildman–Crippen MR) is 209 cm³/mol. The summed E-state index contributed by atoms with van der Waals surface area (Å²) >= 11 is 6.39. The highest BCUT2D eigenvalue weighted by Gasteiger charge is 2.26. The molecule has 0 saturated heterocycles. The lowest BCUT2D eigenvalue weighted by Gasteiger charge is -2.29. The summed E-state index contributed by atoms with van der Waals surface area (Å²) in [4.78, 5) is 26.1. The van der Waals surface area contributed by atoms with Gasteiger partial charge in [-0.15, -0.1) is 0 Å². The lowest BCUT2D eigenvalue weighted by Crippen LogP contribution is -2.43. The van der Waals surface area contributed by atoms with Crippen molar-refractivity contribution in [1.29, 1.82) is 0 Å². The van der Waals surface area contributed by atoms with Crippen LogP contribution in [0, 0.1) is 0 Å². The molecule has 0 aliphatic carbocycles. The quantitative estimate of drug-likeness (QED) is 0.0706. The van der Waals surface area contributed by atoms with Gasteiger partial charge < -0.3 is 38.5 Å². The summed E-state index contributed by atoms with van der Waals surface area (Å²) in [6, 6.07) is 13.7. The van der Waals surface area contributed by atoms with E-state index in [4.69, 9.17) is 52.6 Å². The smallest absolute Gasteiger partial charge is 0.328 e. The van der Waals surface area contributed by atoms with E-state index in [1.807, 2.05) is 43.3 Å². The average molecular weight is 752 g/mol. The van der Waals surface area contributed by atoms with Gasteiger partial charge in [0.15, 0.2) is 0 Å². The highest BCUT2D eigenvalue weighted by atomic mass is 35.5. The van der Waals surface area contributed by atoms with E-state index in [2.05, 4.69) is 33.0 Å². The minimum atomic E-state index is -0.950. The third-order valence-corrected chi connectivity index (χ3v) is 9.23. The maximum absolute atomic E-state index is 13.3. The molecule has 0 spiro atoms. The molecule has 2 radical (unpaired) electrons. The average Bonchev–Trinajstić information content (AvgIpc) is 3.12. The van der Waals surface area contributed by atoms with Crippen LogP contribution in [0.15, 0.2) is 48.5 Å². The summed E-state index contributed by atoms with van der Waals surface area (Å²) < 4.78 is 39.9. The predicted octanol–water partition coefficient (Wildman–Crippen LogP) is 6.43. The number of esters is 1. The number of halogens is 1. The number of carbonyl (C=O) groups is 2. The Morgan fingerprint density at radius 3 is 1.98 bits per heavy atom. The zero-order valence-electron chi connectivity index (χ0n) is 32.7. The van der Waals surface area contributed by atoms with Crippen LogP contribution >= 0.6 is 11.6 Å². The van der Waals surface area contributed by atoms with Crippen molar-refractivity contribution >= 4 is 36.8 Å². The fraction of sp³-hybridized carbons (Fsp3) is 0.512. The monoisotopic (exact) mass is 751 g/mol. The molecule has 3 aromatic rings. The van der Waals surface area contributed by atoms with Gasteiger partial charge in [0.2, 0.25) is 0 Å². The van der Waals surface area contributed by atoms with Crippen molar-refractivity contribution in [2.45, 2.75) is 84.2 Å². The van der Waals surface area contributed by atoms with Crippen molar-refractivity contribution in [2.24, 2.45) is 0 Å². The van der Waals surface area contributed by atoms with Crippen molar-refractivity contribution in [3.05, 3.63) is 75.8 Å². The number of amides is 1. The van der Waals surface area contributed by atoms with Gasteiger partial charge in [0.05, 0.1) is 75.1 Å². The van der Waals surface area contributed by atoms with Crippen molar-refractivity contribution in [2.75, 3.05) is 54.9 Å². The standard InChI is InChI=1S/C41H55BClNO9/c1-10-29-24-31(42)25-32(43)36(29)38(45)44-33(39(46)50-9)21-27-11-13-30(14-12-27)37-34(48-7)22-28(23-35(37)49-8)26-51-19-20-53-41(4,5)16-18-52-40(2,3)15-17-47-6/h11-14,22-25,33H,10,15-21,26H2,1-9H3,(H,44,45)/t33-/m0/s1. The zero-order valence-corrected chi connectivity index (χ0v) is 33.4. The maximum Gasteiger partial charge on any atom is 0.328 e. The number of aryl methyl sites for hydroxylation is 1. The molecule has 288 valence electrons. The van der Waals surface area contributed by atoms with Gasteiger partial charge in [-0.3, -0.25) is 4.79 Å². The second kappa shape index (κ2) is 20.7. The van der Waals surface area contributed by atoms with E-state index >= 15 is 0 Å². The van der Waals surface area contributed by atoms with E-state index in [0.29, 0.717) is 62.0 Å². The third-order valence-electron chi connectivity index (χ3n) is 8.94. The summed E-state index contributed by atoms with van der Waals surface area (Å²) in [6.45, 7) is 12.6. The lowest BCUT2D eigenvalue weighted by molar-refractivity contribution is -0.142. The number of methoxy groups -OCH3 is 4. The molecule has 1 atom stereocenters. The molecule has 0 saturated carbocycles. The molecule has 0 fully saturated rings. The van der Waals surface area contributed by atoms with Crippen LogP contribution in [0.3, 0.4) is 0 Å².